The number of carbonyl (C=O) groups is 1. The molecular weight excluding hydrogens is 154 g/mol. The Hall–Kier alpha value is -0.830. The first-order valence-electron chi connectivity index (χ1n) is 4.21. The third-order valence-electron chi connectivity index (χ3n) is 2.28. The molecule has 0 amide bonds. The topological polar surface area (TPSA) is 40.5 Å². The zero-order valence-corrected chi connectivity index (χ0v) is 7.58. The van der Waals surface area contributed by atoms with E-state index in [0.717, 1.165) is 19.3 Å². The maximum absolute atomic E-state index is 10.6. The Morgan fingerprint density at radius 3 is 2.83 bits per heavy atom. The fraction of sp³-hybridized carbons (Fsp3) is 0.667. The quantitative estimate of drug-likeness (QED) is 0.673. The maximum atomic E-state index is 10.6. The number of carboxylic acids is 1. The first-order chi connectivity index (χ1) is 5.61. The molecule has 1 rings (SSSR count). The Morgan fingerprint density at radius 2 is 2.33 bits per heavy atom. The predicted molar refractivity (Wildman–Crippen MR) is 47.0 cm³/mol. The van der Waals surface area contributed by atoms with Gasteiger partial charge in [-0.15, -0.1) is 0 Å². The average molecular weight is 169 g/mol. The van der Waals surface area contributed by atoms with Crippen molar-refractivity contribution < 1.29 is 9.90 Å². The van der Waals surface area contributed by atoms with E-state index in [0.29, 0.717) is 11.6 Å². The smallest absolute Gasteiger partial charge is 0.331 e. The van der Waals surface area contributed by atoms with Gasteiger partial charge in [-0.05, 0) is 33.4 Å². The summed E-state index contributed by atoms with van der Waals surface area (Å²) in [7, 11) is 3.96. The van der Waals surface area contributed by atoms with Crippen molar-refractivity contribution in [3.05, 3.63) is 11.6 Å². The van der Waals surface area contributed by atoms with Gasteiger partial charge >= 0.3 is 5.97 Å². The number of rotatable bonds is 2. The van der Waals surface area contributed by atoms with Crippen molar-refractivity contribution in [2.24, 2.45) is 0 Å². The molecule has 0 fully saturated rings. The molecule has 0 spiro atoms. The Morgan fingerprint density at radius 1 is 1.67 bits per heavy atom. The van der Waals surface area contributed by atoms with Gasteiger partial charge in [0.15, 0.2) is 0 Å². The van der Waals surface area contributed by atoms with Crippen LogP contribution in [0.2, 0.25) is 0 Å². The van der Waals surface area contributed by atoms with E-state index in [1.165, 1.54) is 0 Å². The largest absolute Gasteiger partial charge is 0.478 e. The summed E-state index contributed by atoms with van der Waals surface area (Å²) in [6.45, 7) is 0. The molecule has 0 radical (unpaired) electrons. The van der Waals surface area contributed by atoms with Crippen LogP contribution < -0.4 is 0 Å². The van der Waals surface area contributed by atoms with E-state index in [9.17, 15) is 4.79 Å². The highest BCUT2D eigenvalue weighted by atomic mass is 16.4. The van der Waals surface area contributed by atoms with Gasteiger partial charge in [-0.25, -0.2) is 4.79 Å². The Balaban J connectivity index is 2.70. The van der Waals surface area contributed by atoms with Crippen LogP contribution in [0.25, 0.3) is 0 Å². The van der Waals surface area contributed by atoms with Gasteiger partial charge in [0.2, 0.25) is 0 Å². The molecule has 1 aliphatic carbocycles. The molecule has 0 aromatic heterocycles. The van der Waals surface area contributed by atoms with Gasteiger partial charge in [0.05, 0.1) is 0 Å². The second-order valence-electron chi connectivity index (χ2n) is 3.42. The number of hydrogen-bond donors (Lipinski definition) is 1. The summed E-state index contributed by atoms with van der Waals surface area (Å²) >= 11 is 0. The van der Waals surface area contributed by atoms with Crippen LogP contribution in [-0.4, -0.2) is 36.1 Å². The molecular formula is C9H15NO2. The Labute approximate surface area is 72.7 Å². The van der Waals surface area contributed by atoms with E-state index in [1.807, 2.05) is 20.2 Å². The molecule has 68 valence electrons. The van der Waals surface area contributed by atoms with Gasteiger partial charge < -0.3 is 10.0 Å². The highest BCUT2D eigenvalue weighted by molar-refractivity contribution is 5.86. The zero-order chi connectivity index (χ0) is 9.14. The van der Waals surface area contributed by atoms with Crippen molar-refractivity contribution in [1.29, 1.82) is 0 Å². The van der Waals surface area contributed by atoms with Gasteiger partial charge in [-0.3, -0.25) is 0 Å². The minimum absolute atomic E-state index is 0.310. The SMILES string of the molecule is CN(C)[C@H]1C=C(C(=O)O)CCC1. The molecule has 12 heavy (non-hydrogen) atoms. The third-order valence-corrected chi connectivity index (χ3v) is 2.28. The first-order valence-corrected chi connectivity index (χ1v) is 4.21. The van der Waals surface area contributed by atoms with Crippen LogP contribution in [0.4, 0.5) is 0 Å². The molecule has 0 aliphatic heterocycles. The molecule has 0 saturated carbocycles. The number of carboxylic acid groups (broad SMARTS) is 1. The van der Waals surface area contributed by atoms with E-state index >= 15 is 0 Å². The van der Waals surface area contributed by atoms with Crippen molar-refractivity contribution in [1.82, 2.24) is 4.90 Å². The number of nitrogens with zero attached hydrogens (tertiary/aromatic N) is 1. The zero-order valence-electron chi connectivity index (χ0n) is 7.58. The van der Waals surface area contributed by atoms with Crippen molar-refractivity contribution in [2.45, 2.75) is 25.3 Å². The number of hydrogen-bond acceptors (Lipinski definition) is 2. The monoisotopic (exact) mass is 169 g/mol. The fourth-order valence-electron chi connectivity index (χ4n) is 1.49. The van der Waals surface area contributed by atoms with Gasteiger partial charge in [0, 0.05) is 11.6 Å². The van der Waals surface area contributed by atoms with Crippen LogP contribution >= 0.6 is 0 Å². The van der Waals surface area contributed by atoms with Crippen LogP contribution in [0.1, 0.15) is 19.3 Å². The molecule has 0 saturated heterocycles. The van der Waals surface area contributed by atoms with Gasteiger partial charge in [-0.1, -0.05) is 6.08 Å². The summed E-state index contributed by atoms with van der Waals surface area (Å²) in [6.07, 6.45) is 4.65. The minimum atomic E-state index is -0.762. The highest BCUT2D eigenvalue weighted by Gasteiger charge is 2.18. The van der Waals surface area contributed by atoms with Crippen LogP contribution in [0.5, 0.6) is 0 Å². The van der Waals surface area contributed by atoms with Crippen molar-refractivity contribution in [3.8, 4) is 0 Å². The van der Waals surface area contributed by atoms with Crippen molar-refractivity contribution in [2.75, 3.05) is 14.1 Å². The molecule has 3 nitrogen and oxygen atoms in total. The van der Waals surface area contributed by atoms with Gasteiger partial charge in [-0.2, -0.15) is 0 Å². The average Bonchev–Trinajstić information content (AvgIpc) is 2.04. The lowest BCUT2D eigenvalue weighted by Gasteiger charge is -2.25. The second kappa shape index (κ2) is 3.72. The molecule has 0 aromatic rings. The number of likely N-dealkylation sites (N-methyl/N-ethyl adjacent to an activating group) is 1. The van der Waals surface area contributed by atoms with E-state index in [2.05, 4.69) is 4.90 Å². The van der Waals surface area contributed by atoms with Crippen LogP contribution in [0.15, 0.2) is 11.6 Å². The predicted octanol–water partition coefficient (Wildman–Crippen LogP) is 1.11. The van der Waals surface area contributed by atoms with Gasteiger partial charge in [0.25, 0.3) is 0 Å². The second-order valence-corrected chi connectivity index (χ2v) is 3.42. The molecule has 1 N–H and O–H groups in total. The summed E-state index contributed by atoms with van der Waals surface area (Å²) in [6, 6.07) is 0.310. The molecule has 0 heterocycles. The molecule has 0 aromatic carbocycles. The minimum Gasteiger partial charge on any atom is -0.478 e. The standard InChI is InChI=1S/C9H15NO2/c1-10(2)8-5-3-4-7(6-8)9(11)12/h6,8H,3-5H2,1-2H3,(H,11,12)/t8-/m1/s1. The lowest BCUT2D eigenvalue weighted by atomic mass is 9.95. The van der Waals surface area contributed by atoms with Crippen LogP contribution in [-0.2, 0) is 4.79 Å². The molecule has 3 heteroatoms. The molecule has 1 atom stereocenters. The summed E-state index contributed by atoms with van der Waals surface area (Å²) in [5.41, 5.74) is 0.569. The fourth-order valence-corrected chi connectivity index (χ4v) is 1.49. The van der Waals surface area contributed by atoms with Gasteiger partial charge in [0.1, 0.15) is 0 Å². The lowest BCUT2D eigenvalue weighted by Crippen LogP contribution is -2.29. The molecule has 0 bridgehead atoms. The van der Waals surface area contributed by atoms with E-state index < -0.39 is 5.97 Å². The normalized spacial score (nSPS) is 23.9. The first kappa shape index (κ1) is 9.26. The Bertz CT molecular complexity index is 209. The number of aliphatic carboxylic acids is 1. The van der Waals surface area contributed by atoms with E-state index in [4.69, 9.17) is 5.11 Å². The summed E-state index contributed by atoms with van der Waals surface area (Å²) < 4.78 is 0. The summed E-state index contributed by atoms with van der Waals surface area (Å²) in [5, 5.41) is 8.75. The van der Waals surface area contributed by atoms with Crippen molar-refractivity contribution >= 4 is 5.97 Å². The molecule has 0 unspecified atom stereocenters. The van der Waals surface area contributed by atoms with E-state index in [-0.39, 0.29) is 0 Å². The molecule has 1 aliphatic rings. The maximum Gasteiger partial charge on any atom is 0.331 e. The van der Waals surface area contributed by atoms with Crippen molar-refractivity contribution in [3.63, 3.8) is 0 Å². The van der Waals surface area contributed by atoms with E-state index in [1.54, 1.807) is 0 Å². The highest BCUT2D eigenvalue weighted by Crippen LogP contribution is 2.20. The Kier molecular flexibility index (Phi) is 2.87. The van der Waals surface area contributed by atoms with Crippen LogP contribution in [0.3, 0.4) is 0 Å². The summed E-state index contributed by atoms with van der Waals surface area (Å²) in [5.74, 6) is -0.762. The third kappa shape index (κ3) is 2.08. The van der Waals surface area contributed by atoms with Crippen LogP contribution in [0, 0.1) is 0 Å². The summed E-state index contributed by atoms with van der Waals surface area (Å²) in [4.78, 5) is 12.7. The lowest BCUT2D eigenvalue weighted by molar-refractivity contribution is -0.132.